The summed E-state index contributed by atoms with van der Waals surface area (Å²) in [5.74, 6) is -0.608. The molecule has 1 atom stereocenters. The number of alkyl halides is 3. The predicted molar refractivity (Wildman–Crippen MR) is 107 cm³/mol. The van der Waals surface area contributed by atoms with Crippen LogP contribution in [0.25, 0.3) is 0 Å². The van der Waals surface area contributed by atoms with E-state index in [9.17, 15) is 26.4 Å². The number of sulfonamides is 1. The Kier molecular flexibility index (Phi) is 7.49. The van der Waals surface area contributed by atoms with Crippen LogP contribution in [-0.4, -0.2) is 39.8 Å². The molecule has 0 unspecified atom stereocenters. The zero-order chi connectivity index (χ0) is 22.5. The van der Waals surface area contributed by atoms with Gasteiger partial charge in [0.1, 0.15) is 6.61 Å². The van der Waals surface area contributed by atoms with Gasteiger partial charge in [-0.15, -0.1) is 0 Å². The molecule has 30 heavy (non-hydrogen) atoms. The first-order chi connectivity index (χ1) is 13.9. The zero-order valence-corrected chi connectivity index (χ0v) is 17.5. The number of rotatable bonds is 8. The Morgan fingerprint density at radius 3 is 2.33 bits per heavy atom. The fourth-order valence-corrected chi connectivity index (χ4v) is 3.63. The largest absolute Gasteiger partial charge is 0.411 e. The van der Waals surface area contributed by atoms with Crippen LogP contribution in [-0.2, 0) is 14.8 Å². The molecule has 164 valence electrons. The van der Waals surface area contributed by atoms with Gasteiger partial charge in [-0.1, -0.05) is 23.8 Å². The van der Waals surface area contributed by atoms with E-state index >= 15 is 0 Å². The Hall–Kier alpha value is -2.59. The van der Waals surface area contributed by atoms with Crippen molar-refractivity contribution >= 4 is 21.6 Å². The molecule has 2 aromatic carbocycles. The van der Waals surface area contributed by atoms with Crippen LogP contribution in [0.4, 0.5) is 18.9 Å². The zero-order valence-electron chi connectivity index (χ0n) is 16.7. The van der Waals surface area contributed by atoms with E-state index in [-0.39, 0.29) is 17.1 Å². The third-order valence-corrected chi connectivity index (χ3v) is 5.46. The van der Waals surface area contributed by atoms with Crippen molar-refractivity contribution < 1.29 is 31.1 Å². The molecule has 2 rings (SSSR count). The van der Waals surface area contributed by atoms with Gasteiger partial charge in [-0.25, -0.2) is 8.42 Å². The molecule has 6 nitrogen and oxygen atoms in total. The summed E-state index contributed by atoms with van der Waals surface area (Å²) in [7, 11) is -3.94. The van der Waals surface area contributed by atoms with Crippen molar-refractivity contribution in [3.05, 3.63) is 59.2 Å². The highest BCUT2D eigenvalue weighted by Crippen LogP contribution is 2.20. The standard InChI is InChI=1S/C20H23F3N2O4S/c1-13-4-7-16(8-5-13)25-30(27,28)17-9-6-14(2)18(10-17)19(26)24-15(3)11-29-12-20(21,22)23/h4-10,15,25H,11-12H2,1-3H3,(H,24,26)/t15-/m1/s1. The minimum Gasteiger partial charge on any atom is -0.370 e. The number of hydrogen-bond donors (Lipinski definition) is 2. The van der Waals surface area contributed by atoms with Gasteiger partial charge in [-0.2, -0.15) is 13.2 Å². The molecule has 2 N–H and O–H groups in total. The van der Waals surface area contributed by atoms with Crippen LogP contribution in [0.3, 0.4) is 0 Å². The average Bonchev–Trinajstić information content (AvgIpc) is 2.62. The molecule has 10 heteroatoms. The summed E-state index contributed by atoms with van der Waals surface area (Å²) in [5.41, 5.74) is 1.97. The lowest BCUT2D eigenvalue weighted by molar-refractivity contribution is -0.174. The Morgan fingerprint density at radius 2 is 1.73 bits per heavy atom. The van der Waals surface area contributed by atoms with Gasteiger partial charge in [0.2, 0.25) is 0 Å². The lowest BCUT2D eigenvalue weighted by Crippen LogP contribution is -2.37. The first-order valence-corrected chi connectivity index (χ1v) is 10.5. The van der Waals surface area contributed by atoms with Gasteiger partial charge in [0.15, 0.2) is 0 Å². The molecule has 0 radical (unpaired) electrons. The minimum absolute atomic E-state index is 0.101. The molecule has 0 bridgehead atoms. The second-order valence-corrected chi connectivity index (χ2v) is 8.64. The summed E-state index contributed by atoms with van der Waals surface area (Å²) in [6.45, 7) is 3.24. The third-order valence-electron chi connectivity index (χ3n) is 4.08. The Bertz CT molecular complexity index is 990. The fraction of sp³-hybridized carbons (Fsp3) is 0.350. The monoisotopic (exact) mass is 444 g/mol. The molecule has 2 aromatic rings. The van der Waals surface area contributed by atoms with E-state index in [1.54, 1.807) is 31.2 Å². The smallest absolute Gasteiger partial charge is 0.370 e. The van der Waals surface area contributed by atoms with Gasteiger partial charge >= 0.3 is 6.18 Å². The Labute approximate surface area is 173 Å². The molecule has 1 amide bonds. The first kappa shape index (κ1) is 23.7. The van der Waals surface area contributed by atoms with Crippen molar-refractivity contribution in [1.29, 1.82) is 0 Å². The SMILES string of the molecule is Cc1ccc(NS(=O)(=O)c2ccc(C)c(C(=O)N[C@H](C)COCC(F)(F)F)c2)cc1. The number of aryl methyl sites for hydroxylation is 2. The highest BCUT2D eigenvalue weighted by molar-refractivity contribution is 7.92. The van der Waals surface area contributed by atoms with E-state index in [4.69, 9.17) is 0 Å². The van der Waals surface area contributed by atoms with E-state index in [2.05, 4.69) is 14.8 Å². The summed E-state index contributed by atoms with van der Waals surface area (Å²) in [4.78, 5) is 12.4. The number of halogens is 3. The van der Waals surface area contributed by atoms with Crippen LogP contribution in [0.5, 0.6) is 0 Å². The second-order valence-electron chi connectivity index (χ2n) is 6.95. The lowest BCUT2D eigenvalue weighted by atomic mass is 10.1. The molecule has 0 saturated carbocycles. The number of carbonyl (C=O) groups is 1. The maximum absolute atomic E-state index is 12.7. The molecule has 0 heterocycles. The van der Waals surface area contributed by atoms with Crippen LogP contribution < -0.4 is 10.0 Å². The van der Waals surface area contributed by atoms with E-state index < -0.39 is 34.8 Å². The summed E-state index contributed by atoms with van der Waals surface area (Å²) < 4.78 is 68.7. The third kappa shape index (κ3) is 7.03. The molecular formula is C20H23F3N2O4S. The first-order valence-electron chi connectivity index (χ1n) is 9.03. The minimum atomic E-state index is -4.45. The number of ether oxygens (including phenoxy) is 1. The number of hydrogen-bond acceptors (Lipinski definition) is 4. The highest BCUT2D eigenvalue weighted by atomic mass is 32.2. The summed E-state index contributed by atoms with van der Waals surface area (Å²) >= 11 is 0. The normalized spacial score (nSPS) is 13.0. The molecule has 0 aliphatic heterocycles. The molecule has 0 aliphatic carbocycles. The van der Waals surface area contributed by atoms with Crippen LogP contribution in [0, 0.1) is 13.8 Å². The Balaban J connectivity index is 2.11. The van der Waals surface area contributed by atoms with Gasteiger partial charge in [0.25, 0.3) is 15.9 Å². The van der Waals surface area contributed by atoms with Gasteiger partial charge in [-0.3, -0.25) is 9.52 Å². The van der Waals surface area contributed by atoms with Crippen molar-refractivity contribution in [2.75, 3.05) is 17.9 Å². The topological polar surface area (TPSA) is 84.5 Å². The van der Waals surface area contributed by atoms with Crippen molar-refractivity contribution in [3.8, 4) is 0 Å². The maximum Gasteiger partial charge on any atom is 0.411 e. The maximum atomic E-state index is 12.7. The molecule has 0 aromatic heterocycles. The van der Waals surface area contributed by atoms with Gasteiger partial charge < -0.3 is 10.1 Å². The molecule has 0 aliphatic rings. The van der Waals surface area contributed by atoms with Crippen molar-refractivity contribution in [3.63, 3.8) is 0 Å². The predicted octanol–water partition coefficient (Wildman–Crippen LogP) is 3.80. The number of amides is 1. The summed E-state index contributed by atoms with van der Waals surface area (Å²) in [5, 5.41) is 2.51. The summed E-state index contributed by atoms with van der Waals surface area (Å²) in [6.07, 6.45) is -4.45. The van der Waals surface area contributed by atoms with E-state index in [1.165, 1.54) is 25.1 Å². The van der Waals surface area contributed by atoms with Gasteiger partial charge in [-0.05, 0) is 50.6 Å². The second kappa shape index (κ2) is 9.48. The van der Waals surface area contributed by atoms with E-state index in [1.807, 2.05) is 6.92 Å². The summed E-state index contributed by atoms with van der Waals surface area (Å²) in [6, 6.07) is 10.1. The van der Waals surface area contributed by atoms with Crippen LogP contribution in [0.1, 0.15) is 28.4 Å². The average molecular weight is 444 g/mol. The molecule has 0 saturated heterocycles. The van der Waals surface area contributed by atoms with Crippen LogP contribution in [0.15, 0.2) is 47.4 Å². The fourth-order valence-electron chi connectivity index (χ4n) is 2.54. The van der Waals surface area contributed by atoms with E-state index in [0.717, 1.165) is 5.56 Å². The molecule has 0 spiro atoms. The molecule has 0 fully saturated rings. The quantitative estimate of drug-likeness (QED) is 0.649. The van der Waals surface area contributed by atoms with Crippen LogP contribution >= 0.6 is 0 Å². The number of carbonyl (C=O) groups excluding carboxylic acids is 1. The Morgan fingerprint density at radius 1 is 1.10 bits per heavy atom. The highest BCUT2D eigenvalue weighted by Gasteiger charge is 2.28. The van der Waals surface area contributed by atoms with E-state index in [0.29, 0.717) is 11.3 Å². The van der Waals surface area contributed by atoms with Crippen molar-refractivity contribution in [2.45, 2.75) is 37.9 Å². The number of benzene rings is 2. The molecular weight excluding hydrogens is 421 g/mol. The van der Waals surface area contributed by atoms with Crippen LogP contribution in [0.2, 0.25) is 0 Å². The number of nitrogens with one attached hydrogen (secondary N) is 2. The van der Waals surface area contributed by atoms with Crippen molar-refractivity contribution in [2.24, 2.45) is 0 Å². The lowest BCUT2D eigenvalue weighted by Gasteiger charge is -2.16. The number of anilines is 1. The van der Waals surface area contributed by atoms with Gasteiger partial charge in [0, 0.05) is 17.3 Å². The van der Waals surface area contributed by atoms with Gasteiger partial charge in [0.05, 0.1) is 11.5 Å². The van der Waals surface area contributed by atoms with Crippen molar-refractivity contribution in [1.82, 2.24) is 5.32 Å².